The molecule has 1 aliphatic carbocycles. The normalized spacial score (nSPS) is 13.1. The molecule has 1 heteroatoms. The average molecular weight is 761 g/mol. The molecule has 0 radical (unpaired) electrons. The van der Waals surface area contributed by atoms with Crippen molar-refractivity contribution >= 4 is 65.0 Å². The van der Waals surface area contributed by atoms with Crippen LogP contribution in [0.1, 0.15) is 22.3 Å². The fourth-order valence-electron chi connectivity index (χ4n) is 10.8. The molecule has 1 nitrogen and oxygen atoms in total. The first-order valence-electron chi connectivity index (χ1n) is 20.8. The highest BCUT2D eigenvalue weighted by atomic mass is 16.3. The Kier molecular flexibility index (Phi) is 7.00. The number of benzene rings is 11. The van der Waals surface area contributed by atoms with Gasteiger partial charge in [-0.1, -0.05) is 188 Å². The number of hydrogen-bond donors (Lipinski definition) is 0. The maximum atomic E-state index is 6.26. The first kappa shape index (κ1) is 33.3. The molecule has 0 saturated carbocycles. The molecule has 0 fully saturated rings. The Bertz CT molecular complexity index is 3660. The van der Waals surface area contributed by atoms with Gasteiger partial charge in [-0.25, -0.2) is 0 Å². The molecular weight excluding hydrogens is 725 g/mol. The van der Waals surface area contributed by atoms with Gasteiger partial charge in [0.15, 0.2) is 0 Å². The minimum absolute atomic E-state index is 0.526. The minimum atomic E-state index is -0.526. The zero-order valence-corrected chi connectivity index (χ0v) is 32.7. The lowest BCUT2D eigenvalue weighted by Crippen LogP contribution is -2.28. The van der Waals surface area contributed by atoms with Crippen molar-refractivity contribution in [2.45, 2.75) is 5.41 Å². The van der Waals surface area contributed by atoms with Gasteiger partial charge in [0.25, 0.3) is 0 Å². The third kappa shape index (κ3) is 4.58. The van der Waals surface area contributed by atoms with Crippen LogP contribution < -0.4 is 0 Å². The van der Waals surface area contributed by atoms with Crippen molar-refractivity contribution in [3.63, 3.8) is 0 Å². The summed E-state index contributed by atoms with van der Waals surface area (Å²) in [5.41, 5.74) is 13.9. The number of para-hydroxylation sites is 1. The minimum Gasteiger partial charge on any atom is -0.456 e. The summed E-state index contributed by atoms with van der Waals surface area (Å²) in [5, 5.41) is 12.4. The van der Waals surface area contributed by atoms with Gasteiger partial charge in [-0.2, -0.15) is 0 Å². The van der Waals surface area contributed by atoms with Crippen LogP contribution in [-0.4, -0.2) is 0 Å². The fraction of sp³-hybridized carbons (Fsp3) is 0.0169. The van der Waals surface area contributed by atoms with E-state index in [0.29, 0.717) is 0 Å². The van der Waals surface area contributed by atoms with E-state index < -0.39 is 5.41 Å². The predicted molar refractivity (Wildman–Crippen MR) is 252 cm³/mol. The van der Waals surface area contributed by atoms with Gasteiger partial charge >= 0.3 is 0 Å². The molecule has 0 unspecified atom stereocenters. The standard InChI is InChI=1S/C59H36O/c1-3-16-41(17-4-1)59(42-18-5-2-6-19-42)53-31-27-40(57-45-21-10-8-15-38(45)34-50-43-20-9-7-14-37(43)26-29-49(50)57)36-52(53)58-48-24-13-23-44(46(48)30-32-54(58)59)39-28-33-56-51(35-39)47-22-11-12-25-55(47)60-56/h1-36H. The molecule has 60 heavy (non-hydrogen) atoms. The molecule has 1 aliphatic rings. The van der Waals surface area contributed by atoms with E-state index >= 15 is 0 Å². The summed E-state index contributed by atoms with van der Waals surface area (Å²) < 4.78 is 6.26. The van der Waals surface area contributed by atoms with E-state index in [9.17, 15) is 0 Å². The van der Waals surface area contributed by atoms with Crippen molar-refractivity contribution in [3.05, 3.63) is 241 Å². The van der Waals surface area contributed by atoms with Gasteiger partial charge in [0, 0.05) is 10.8 Å². The summed E-state index contributed by atoms with van der Waals surface area (Å²) in [4.78, 5) is 0. The van der Waals surface area contributed by atoms with Gasteiger partial charge < -0.3 is 4.42 Å². The lowest BCUT2D eigenvalue weighted by molar-refractivity contribution is 0.669. The second kappa shape index (κ2) is 12.6. The van der Waals surface area contributed by atoms with Crippen LogP contribution in [0, 0.1) is 0 Å². The first-order valence-corrected chi connectivity index (χ1v) is 20.8. The molecule has 278 valence electrons. The van der Waals surface area contributed by atoms with Gasteiger partial charge in [-0.05, 0) is 129 Å². The Morgan fingerprint density at radius 3 is 1.72 bits per heavy atom. The van der Waals surface area contributed by atoms with E-state index in [1.54, 1.807) is 0 Å². The van der Waals surface area contributed by atoms with Crippen LogP contribution in [0.4, 0.5) is 0 Å². The molecule has 0 aliphatic heterocycles. The lowest BCUT2D eigenvalue weighted by Gasteiger charge is -2.34. The topological polar surface area (TPSA) is 13.1 Å². The summed E-state index contributed by atoms with van der Waals surface area (Å²) in [6, 6.07) is 80.9. The summed E-state index contributed by atoms with van der Waals surface area (Å²) in [5.74, 6) is 0. The first-order chi connectivity index (χ1) is 29.8. The molecule has 0 bridgehead atoms. The van der Waals surface area contributed by atoms with Crippen LogP contribution in [0.15, 0.2) is 223 Å². The van der Waals surface area contributed by atoms with Crippen LogP contribution in [0.5, 0.6) is 0 Å². The van der Waals surface area contributed by atoms with Crippen LogP contribution in [-0.2, 0) is 5.41 Å². The Morgan fingerprint density at radius 2 is 0.900 bits per heavy atom. The molecule has 0 atom stereocenters. The summed E-state index contributed by atoms with van der Waals surface area (Å²) in [6.45, 7) is 0. The maximum Gasteiger partial charge on any atom is 0.135 e. The number of hydrogen-bond acceptors (Lipinski definition) is 1. The van der Waals surface area contributed by atoms with Crippen molar-refractivity contribution < 1.29 is 4.42 Å². The van der Waals surface area contributed by atoms with Gasteiger partial charge in [0.2, 0.25) is 0 Å². The Morgan fingerprint density at radius 1 is 0.283 bits per heavy atom. The molecule has 0 N–H and O–H groups in total. The van der Waals surface area contributed by atoms with Crippen LogP contribution in [0.25, 0.3) is 98.4 Å². The van der Waals surface area contributed by atoms with Crippen molar-refractivity contribution in [3.8, 4) is 33.4 Å². The van der Waals surface area contributed by atoms with Gasteiger partial charge in [0.05, 0.1) is 5.41 Å². The number of fused-ring (bicyclic) bond motifs is 12. The highest BCUT2D eigenvalue weighted by Crippen LogP contribution is 2.59. The van der Waals surface area contributed by atoms with E-state index in [4.69, 9.17) is 4.42 Å². The largest absolute Gasteiger partial charge is 0.456 e. The highest BCUT2D eigenvalue weighted by Gasteiger charge is 2.47. The fourth-order valence-corrected chi connectivity index (χ4v) is 10.8. The van der Waals surface area contributed by atoms with E-state index in [-0.39, 0.29) is 0 Å². The third-order valence-electron chi connectivity index (χ3n) is 13.3. The molecule has 13 rings (SSSR count). The summed E-state index contributed by atoms with van der Waals surface area (Å²) in [7, 11) is 0. The van der Waals surface area contributed by atoms with Crippen molar-refractivity contribution in [2.75, 3.05) is 0 Å². The molecule has 0 saturated heterocycles. The monoisotopic (exact) mass is 760 g/mol. The third-order valence-corrected chi connectivity index (χ3v) is 13.3. The molecule has 0 spiro atoms. The molecule has 1 aromatic heterocycles. The quantitative estimate of drug-likeness (QED) is 0.129. The van der Waals surface area contributed by atoms with Crippen molar-refractivity contribution in [1.82, 2.24) is 0 Å². The molecule has 12 aromatic rings. The lowest BCUT2D eigenvalue weighted by atomic mass is 9.67. The SMILES string of the molecule is c1ccc(C2(c3ccccc3)c3ccc(-c4c5ccccc5cc5c4ccc4ccccc45)cc3-c3c2ccc2c(-c4ccc5oc6ccccc6c5c4)cccc32)cc1. The van der Waals surface area contributed by atoms with E-state index in [1.165, 1.54) is 98.7 Å². The Balaban J connectivity index is 1.14. The summed E-state index contributed by atoms with van der Waals surface area (Å²) in [6.07, 6.45) is 0. The zero-order chi connectivity index (χ0) is 39.4. The van der Waals surface area contributed by atoms with Gasteiger partial charge in [0.1, 0.15) is 11.2 Å². The summed E-state index contributed by atoms with van der Waals surface area (Å²) >= 11 is 0. The Hall–Kier alpha value is -7.74. The predicted octanol–water partition coefficient (Wildman–Crippen LogP) is 15.9. The van der Waals surface area contributed by atoms with E-state index in [1.807, 2.05) is 6.07 Å². The van der Waals surface area contributed by atoms with Crippen LogP contribution in [0.3, 0.4) is 0 Å². The second-order valence-electron chi connectivity index (χ2n) is 16.3. The zero-order valence-electron chi connectivity index (χ0n) is 32.7. The average Bonchev–Trinajstić information content (AvgIpc) is 3.84. The van der Waals surface area contributed by atoms with Gasteiger partial charge in [-0.15, -0.1) is 0 Å². The Labute approximate surface area is 347 Å². The van der Waals surface area contributed by atoms with E-state index in [0.717, 1.165) is 21.9 Å². The molecule has 1 heterocycles. The molecule has 11 aromatic carbocycles. The van der Waals surface area contributed by atoms with Crippen molar-refractivity contribution in [1.29, 1.82) is 0 Å². The van der Waals surface area contributed by atoms with Crippen LogP contribution >= 0.6 is 0 Å². The second-order valence-corrected chi connectivity index (χ2v) is 16.3. The van der Waals surface area contributed by atoms with E-state index in [2.05, 4.69) is 212 Å². The molecule has 0 amide bonds. The van der Waals surface area contributed by atoms with Crippen molar-refractivity contribution in [2.24, 2.45) is 0 Å². The highest BCUT2D eigenvalue weighted by molar-refractivity contribution is 6.21. The number of rotatable bonds is 4. The maximum absolute atomic E-state index is 6.26. The van der Waals surface area contributed by atoms with Crippen LogP contribution in [0.2, 0.25) is 0 Å². The molecular formula is C59H36O. The number of furan rings is 1. The smallest absolute Gasteiger partial charge is 0.135 e. The van der Waals surface area contributed by atoms with Gasteiger partial charge in [-0.3, -0.25) is 0 Å².